The number of carbonyl (C=O) groups excluding carboxylic acids is 2. The maximum atomic E-state index is 11.3. The van der Waals surface area contributed by atoms with Gasteiger partial charge >= 0.3 is 17.9 Å². The second-order valence-corrected chi connectivity index (χ2v) is 4.84. The van der Waals surface area contributed by atoms with Crippen molar-refractivity contribution in [1.82, 2.24) is 0 Å². The highest BCUT2D eigenvalue weighted by molar-refractivity contribution is 8.00. The van der Waals surface area contributed by atoms with Crippen LogP contribution in [-0.4, -0.2) is 91.1 Å². The Kier molecular flexibility index (Phi) is 9.08. The van der Waals surface area contributed by atoms with Crippen molar-refractivity contribution in [3.63, 3.8) is 0 Å². The van der Waals surface area contributed by atoms with Crippen LogP contribution in [0.25, 0.3) is 0 Å². The van der Waals surface area contributed by atoms with Gasteiger partial charge in [-0.1, -0.05) is 0 Å². The van der Waals surface area contributed by atoms with Crippen molar-refractivity contribution >= 4 is 29.7 Å². The van der Waals surface area contributed by atoms with E-state index in [-0.39, 0.29) is 0 Å². The molecular formula is C10H16O10S. The zero-order valence-corrected chi connectivity index (χ0v) is 11.5. The number of esters is 2. The second-order valence-electron chi connectivity index (χ2n) is 3.86. The largest absolute Gasteiger partial charge is 0.481 e. The minimum Gasteiger partial charge on any atom is -0.481 e. The molecule has 11 heteroatoms. The number of aliphatic carboxylic acids is 1. The van der Waals surface area contributed by atoms with E-state index in [1.54, 1.807) is 0 Å². The molecule has 122 valence electrons. The summed E-state index contributed by atoms with van der Waals surface area (Å²) in [6.45, 7) is -0.926. The van der Waals surface area contributed by atoms with Crippen LogP contribution in [0.5, 0.6) is 0 Å². The fraction of sp³-hybridized carbons (Fsp3) is 0.700. The number of aliphatic hydroxyl groups is 5. The van der Waals surface area contributed by atoms with Crippen molar-refractivity contribution in [2.75, 3.05) is 18.1 Å². The first kappa shape index (κ1) is 19.8. The standard InChI is InChI=1S/C10H16O10S/c11-1-4(12)7(16)8(17)9(18)10(19)20-6(15)3-21-2-5(13)14/h4,7-9,11-12,16-18H,1-3H2,(H,13,14)/t4-,7-,8+,9-/m1/s1. The topological polar surface area (TPSA) is 182 Å². The monoisotopic (exact) mass is 328 g/mol. The van der Waals surface area contributed by atoms with E-state index in [2.05, 4.69) is 4.74 Å². The molecule has 0 amide bonds. The molecule has 0 fully saturated rings. The Morgan fingerprint density at radius 1 is 1.00 bits per heavy atom. The zero-order chi connectivity index (χ0) is 16.6. The number of aliphatic hydroxyl groups excluding tert-OH is 5. The van der Waals surface area contributed by atoms with Crippen LogP contribution in [-0.2, 0) is 19.1 Å². The van der Waals surface area contributed by atoms with Crippen LogP contribution >= 0.6 is 11.8 Å². The summed E-state index contributed by atoms with van der Waals surface area (Å²) >= 11 is 0.653. The fourth-order valence-electron chi connectivity index (χ4n) is 1.09. The molecule has 0 aliphatic heterocycles. The molecule has 0 saturated heterocycles. The lowest BCUT2D eigenvalue weighted by molar-refractivity contribution is -0.175. The van der Waals surface area contributed by atoms with Crippen molar-refractivity contribution in [1.29, 1.82) is 0 Å². The maximum absolute atomic E-state index is 11.3. The molecule has 0 aromatic carbocycles. The molecule has 10 nitrogen and oxygen atoms in total. The van der Waals surface area contributed by atoms with E-state index in [1.165, 1.54) is 0 Å². The van der Waals surface area contributed by atoms with Gasteiger partial charge < -0.3 is 35.4 Å². The Balaban J connectivity index is 4.31. The van der Waals surface area contributed by atoms with Crippen molar-refractivity contribution in [3.05, 3.63) is 0 Å². The summed E-state index contributed by atoms with van der Waals surface area (Å²) in [5.74, 6) is -4.75. The van der Waals surface area contributed by atoms with Gasteiger partial charge in [-0.2, -0.15) is 0 Å². The van der Waals surface area contributed by atoms with Crippen molar-refractivity contribution in [2.45, 2.75) is 24.4 Å². The molecular weight excluding hydrogens is 312 g/mol. The Morgan fingerprint density at radius 3 is 2.05 bits per heavy atom. The minimum atomic E-state index is -2.32. The van der Waals surface area contributed by atoms with E-state index < -0.39 is 60.4 Å². The predicted octanol–water partition coefficient (Wildman–Crippen LogP) is -3.69. The third kappa shape index (κ3) is 7.36. The van der Waals surface area contributed by atoms with Gasteiger partial charge in [0.05, 0.1) is 18.1 Å². The summed E-state index contributed by atoms with van der Waals surface area (Å²) in [6, 6.07) is 0. The van der Waals surface area contributed by atoms with Gasteiger partial charge in [0.15, 0.2) is 6.10 Å². The summed E-state index contributed by atoms with van der Waals surface area (Å²) in [6.07, 6.45) is -8.34. The molecule has 0 saturated carbocycles. The summed E-state index contributed by atoms with van der Waals surface area (Å²) in [5, 5.41) is 53.8. The van der Waals surface area contributed by atoms with E-state index in [1.807, 2.05) is 0 Å². The SMILES string of the molecule is O=C(O)CSCC(=O)OC(=O)[C@H](O)[C@@H](O)[C@H](O)[C@H](O)CO. The van der Waals surface area contributed by atoms with Gasteiger partial charge in [-0.05, 0) is 0 Å². The Labute approximate surface area is 123 Å². The van der Waals surface area contributed by atoms with Gasteiger partial charge in [0, 0.05) is 0 Å². The van der Waals surface area contributed by atoms with Crippen LogP contribution in [0.1, 0.15) is 0 Å². The van der Waals surface area contributed by atoms with E-state index >= 15 is 0 Å². The molecule has 0 aliphatic rings. The highest BCUT2D eigenvalue weighted by Gasteiger charge is 2.36. The Bertz CT molecular complexity index is 373. The van der Waals surface area contributed by atoms with Gasteiger partial charge in [-0.3, -0.25) is 9.59 Å². The van der Waals surface area contributed by atoms with E-state index in [0.29, 0.717) is 11.8 Å². The van der Waals surface area contributed by atoms with Crippen molar-refractivity contribution in [2.24, 2.45) is 0 Å². The summed E-state index contributed by atoms with van der Waals surface area (Å²) in [5.41, 5.74) is 0. The lowest BCUT2D eigenvalue weighted by atomic mass is 10.0. The van der Waals surface area contributed by atoms with E-state index in [0.717, 1.165) is 0 Å². The molecule has 0 rings (SSSR count). The van der Waals surface area contributed by atoms with Crippen LogP contribution in [0.15, 0.2) is 0 Å². The van der Waals surface area contributed by atoms with Gasteiger partial charge in [-0.15, -0.1) is 11.8 Å². The number of thioether (sulfide) groups is 1. The predicted molar refractivity (Wildman–Crippen MR) is 67.2 cm³/mol. The molecule has 0 heterocycles. The van der Waals surface area contributed by atoms with Gasteiger partial charge in [0.25, 0.3) is 0 Å². The zero-order valence-electron chi connectivity index (χ0n) is 10.7. The third-order valence-electron chi connectivity index (χ3n) is 2.16. The minimum absolute atomic E-state index is 0.393. The summed E-state index contributed by atoms with van der Waals surface area (Å²) < 4.78 is 4.12. The highest BCUT2D eigenvalue weighted by atomic mass is 32.2. The van der Waals surface area contributed by atoms with Crippen molar-refractivity contribution in [3.8, 4) is 0 Å². The molecule has 4 atom stereocenters. The Hall–Kier alpha value is -1.24. The number of hydrogen-bond donors (Lipinski definition) is 6. The molecule has 0 unspecified atom stereocenters. The van der Waals surface area contributed by atoms with Crippen LogP contribution in [0.4, 0.5) is 0 Å². The highest BCUT2D eigenvalue weighted by Crippen LogP contribution is 2.08. The lowest BCUT2D eigenvalue weighted by Crippen LogP contribution is -2.49. The molecule has 21 heavy (non-hydrogen) atoms. The number of rotatable bonds is 9. The molecule has 0 aromatic heterocycles. The smallest absolute Gasteiger partial charge is 0.345 e. The number of carbonyl (C=O) groups is 3. The first-order chi connectivity index (χ1) is 9.70. The number of hydrogen-bond acceptors (Lipinski definition) is 10. The summed E-state index contributed by atoms with van der Waals surface area (Å²) in [4.78, 5) is 32.6. The normalized spacial score (nSPS) is 16.6. The average molecular weight is 328 g/mol. The molecule has 0 aliphatic carbocycles. The number of ether oxygens (including phenoxy) is 1. The van der Waals surface area contributed by atoms with Crippen LogP contribution in [0, 0.1) is 0 Å². The van der Waals surface area contributed by atoms with Crippen LogP contribution in [0.2, 0.25) is 0 Å². The van der Waals surface area contributed by atoms with Crippen LogP contribution in [0.3, 0.4) is 0 Å². The van der Waals surface area contributed by atoms with Crippen molar-refractivity contribution < 1.29 is 49.8 Å². The van der Waals surface area contributed by atoms with Gasteiger partial charge in [-0.25, -0.2) is 4.79 Å². The fourth-order valence-corrected chi connectivity index (χ4v) is 1.59. The third-order valence-corrected chi connectivity index (χ3v) is 3.05. The number of carboxylic acids is 1. The Morgan fingerprint density at radius 2 is 1.57 bits per heavy atom. The molecule has 6 N–H and O–H groups in total. The molecule has 0 spiro atoms. The first-order valence-electron chi connectivity index (χ1n) is 5.57. The van der Waals surface area contributed by atoms with E-state index in [4.69, 9.17) is 15.3 Å². The van der Waals surface area contributed by atoms with E-state index in [9.17, 15) is 29.7 Å². The average Bonchev–Trinajstić information content (AvgIpc) is 2.43. The first-order valence-corrected chi connectivity index (χ1v) is 6.73. The number of carboxylic acid groups (broad SMARTS) is 1. The molecule has 0 aromatic rings. The maximum Gasteiger partial charge on any atom is 0.345 e. The summed E-state index contributed by atoms with van der Waals surface area (Å²) in [7, 11) is 0. The van der Waals surface area contributed by atoms with Gasteiger partial charge in [0.1, 0.15) is 18.3 Å². The lowest BCUT2D eigenvalue weighted by Gasteiger charge is -2.24. The van der Waals surface area contributed by atoms with Gasteiger partial charge in [0.2, 0.25) is 0 Å². The quantitative estimate of drug-likeness (QED) is 0.181. The second kappa shape index (κ2) is 9.65. The van der Waals surface area contributed by atoms with Crippen LogP contribution < -0.4 is 0 Å². The molecule has 0 bridgehead atoms. The molecule has 0 radical (unpaired) electrons.